The molecule has 0 atom stereocenters. The zero-order valence-electron chi connectivity index (χ0n) is 33.3. The second-order valence-corrected chi connectivity index (χ2v) is 19.2. The smallest absolute Gasteiger partial charge is 0.297 e. The van der Waals surface area contributed by atoms with Gasteiger partial charge in [0.1, 0.15) is 53.8 Å². The fourth-order valence-electron chi connectivity index (χ4n) is 5.91. The van der Waals surface area contributed by atoms with Gasteiger partial charge in [-0.3, -0.25) is 28.3 Å². The van der Waals surface area contributed by atoms with Crippen molar-refractivity contribution in [2.45, 2.75) is 65.0 Å². The number of aromatic hydroxyl groups is 2. The number of ether oxygens (including phenoxy) is 1. The molecule has 0 unspecified atom stereocenters. The molecule has 5 aromatic rings. The Morgan fingerprint density at radius 1 is 0.585 bits per heavy atom. The molecule has 5 aromatic carbocycles. The molecule has 0 saturated carbocycles. The Balaban J connectivity index is 1.55. The number of nitro benzene ring substituents is 1. The average Bonchev–Trinajstić information content (AvgIpc) is 3.20. The maximum atomic E-state index is 12.5. The highest BCUT2D eigenvalue weighted by Gasteiger charge is 2.30. The largest absolute Gasteiger partial charge is 0.505 e. The molecule has 0 saturated heterocycles. The second kappa shape index (κ2) is 19.6. The summed E-state index contributed by atoms with van der Waals surface area (Å²) in [5.41, 5.74) is 1.28. The molecule has 0 amide bonds. The molecule has 0 spiro atoms. The third-order valence-electron chi connectivity index (χ3n) is 9.01. The van der Waals surface area contributed by atoms with E-state index in [0.29, 0.717) is 42.7 Å². The molecule has 65 heavy (non-hydrogen) atoms. The van der Waals surface area contributed by atoms with E-state index in [-0.39, 0.29) is 17.1 Å². The quantitative estimate of drug-likeness (QED) is 0.0101. The van der Waals surface area contributed by atoms with Gasteiger partial charge in [0.2, 0.25) is 0 Å². The van der Waals surface area contributed by atoms with Crippen LogP contribution in [0.25, 0.3) is 10.8 Å². The number of nitrogen functional groups attached to an aromatic ring is 1. The minimum absolute atomic E-state index is 0.157. The van der Waals surface area contributed by atoms with Crippen molar-refractivity contribution in [3.8, 4) is 17.2 Å². The van der Waals surface area contributed by atoms with Crippen LogP contribution in [0.5, 0.6) is 17.2 Å². The van der Waals surface area contributed by atoms with E-state index < -0.39 is 116 Å². The molecule has 0 radical (unpaired) electrons. The molecule has 25 nitrogen and oxygen atoms in total. The lowest BCUT2D eigenvalue weighted by molar-refractivity contribution is -0.385. The van der Waals surface area contributed by atoms with Gasteiger partial charge in [-0.1, -0.05) is 39.0 Å². The minimum atomic E-state index is -5.49. The molecule has 29 heteroatoms. The van der Waals surface area contributed by atoms with Crippen molar-refractivity contribution in [2.75, 3.05) is 12.3 Å². The van der Waals surface area contributed by atoms with Crippen LogP contribution in [0.1, 0.15) is 45.4 Å². The first kappa shape index (κ1) is 49.4. The van der Waals surface area contributed by atoms with E-state index in [1.54, 1.807) is 6.07 Å². The van der Waals surface area contributed by atoms with Crippen molar-refractivity contribution >= 4 is 96.7 Å². The highest BCUT2D eigenvalue weighted by Crippen LogP contribution is 2.50. The maximum absolute atomic E-state index is 12.5. The van der Waals surface area contributed by atoms with Crippen LogP contribution in [0.4, 0.5) is 45.5 Å². The standard InChI is InChI=1S/C36H36N8O17S4/c1-2-3-4-5-6-7-14-61-23-10-13-25(24(37)19-23)39-38-21-8-11-26(28(17-21)62(49,50)51)40-42-33-30(64(55,56)57)15-20-16-31(65(58,59)60)34(36(46)32(20)35(33)45)43-41-27-12-9-22(44(47)48)18-29(27)63(52,53)54/h8-13,15-19,45-46H,2-7,14,37H2,1H3,(H,49,50,51)(H,52,53,54)(H,55,56,57)(H,58,59,60). The number of nitro groups is 1. The Morgan fingerprint density at radius 3 is 1.57 bits per heavy atom. The first-order valence-corrected chi connectivity index (χ1v) is 24.2. The Bertz CT molecular complexity index is 3250. The van der Waals surface area contributed by atoms with E-state index in [4.69, 9.17) is 10.5 Å². The van der Waals surface area contributed by atoms with Crippen LogP contribution in [0.2, 0.25) is 0 Å². The van der Waals surface area contributed by atoms with Crippen LogP contribution >= 0.6 is 0 Å². The van der Waals surface area contributed by atoms with Crippen molar-refractivity contribution in [3.05, 3.63) is 76.8 Å². The van der Waals surface area contributed by atoms with E-state index in [1.807, 2.05) is 0 Å². The van der Waals surface area contributed by atoms with Crippen LogP contribution in [0.15, 0.2) is 117 Å². The molecule has 0 aliphatic rings. The average molecular weight is 981 g/mol. The molecule has 5 rings (SSSR count). The predicted octanol–water partition coefficient (Wildman–Crippen LogP) is 8.71. The van der Waals surface area contributed by atoms with Gasteiger partial charge in [0.25, 0.3) is 46.2 Å². The number of hydrogen-bond acceptors (Lipinski definition) is 20. The van der Waals surface area contributed by atoms with E-state index in [9.17, 15) is 72.2 Å². The van der Waals surface area contributed by atoms with Crippen LogP contribution in [0.3, 0.4) is 0 Å². The van der Waals surface area contributed by atoms with Gasteiger partial charge in [0, 0.05) is 18.2 Å². The number of hydrogen-bond donors (Lipinski definition) is 7. The lowest BCUT2D eigenvalue weighted by atomic mass is 10.1. The van der Waals surface area contributed by atoms with Gasteiger partial charge in [-0.05, 0) is 60.3 Å². The Kier molecular flexibility index (Phi) is 14.9. The number of anilines is 1. The Morgan fingerprint density at radius 2 is 1.06 bits per heavy atom. The molecule has 8 N–H and O–H groups in total. The molecule has 346 valence electrons. The summed E-state index contributed by atoms with van der Waals surface area (Å²) < 4.78 is 144. The molecule has 0 fully saturated rings. The number of nitrogens with two attached hydrogens (primary N) is 1. The predicted molar refractivity (Wildman–Crippen MR) is 228 cm³/mol. The highest BCUT2D eigenvalue weighted by atomic mass is 32.2. The normalized spacial score (nSPS) is 12.8. The molecular formula is C36H36N8O17S4. The van der Waals surface area contributed by atoms with E-state index in [1.165, 1.54) is 18.6 Å². The summed E-state index contributed by atoms with van der Waals surface area (Å²) in [7, 11) is -21.5. The number of nitrogens with zero attached hydrogens (tertiary/aromatic N) is 7. The summed E-state index contributed by atoms with van der Waals surface area (Å²) in [5, 5.41) is 54.0. The van der Waals surface area contributed by atoms with Crippen LogP contribution in [-0.2, 0) is 40.5 Å². The summed E-state index contributed by atoms with van der Waals surface area (Å²) in [6, 6.07) is 10.0. The van der Waals surface area contributed by atoms with Gasteiger partial charge < -0.3 is 20.7 Å². The third-order valence-corrected chi connectivity index (χ3v) is 12.5. The van der Waals surface area contributed by atoms with Crippen molar-refractivity contribution in [1.29, 1.82) is 0 Å². The first-order chi connectivity index (χ1) is 30.3. The number of phenolic OH excluding ortho intramolecular Hbond substituents is 2. The second-order valence-electron chi connectivity index (χ2n) is 13.6. The van der Waals surface area contributed by atoms with E-state index in [0.717, 1.165) is 50.3 Å². The summed E-state index contributed by atoms with van der Waals surface area (Å²) in [4.78, 5) is 5.25. The third kappa shape index (κ3) is 12.2. The zero-order chi connectivity index (χ0) is 48.1. The molecular weight excluding hydrogens is 945 g/mol. The number of rotatable bonds is 19. The number of azo groups is 3. The minimum Gasteiger partial charge on any atom is -0.505 e. The highest BCUT2D eigenvalue weighted by molar-refractivity contribution is 7.86. The van der Waals surface area contributed by atoms with E-state index >= 15 is 0 Å². The maximum Gasteiger partial charge on any atom is 0.297 e. The van der Waals surface area contributed by atoms with Crippen molar-refractivity contribution in [1.82, 2.24) is 0 Å². The van der Waals surface area contributed by atoms with Crippen molar-refractivity contribution in [2.24, 2.45) is 30.7 Å². The van der Waals surface area contributed by atoms with Crippen LogP contribution < -0.4 is 10.5 Å². The number of unbranched alkanes of at least 4 members (excludes halogenated alkanes) is 5. The first-order valence-electron chi connectivity index (χ1n) is 18.5. The summed E-state index contributed by atoms with van der Waals surface area (Å²) in [5.74, 6) is -2.37. The van der Waals surface area contributed by atoms with Gasteiger partial charge in [-0.15, -0.1) is 25.6 Å². The SMILES string of the molecule is CCCCCCCCOc1ccc(N=Nc2ccc(N=Nc3c(S(=O)(=O)O)cc4cc(S(=O)(=O)O)c(N=Nc5ccc([N+](=O)[O-])cc5S(=O)(=O)O)c(O)c4c3O)c(S(=O)(=O)O)c2)c(N)c1. The summed E-state index contributed by atoms with van der Waals surface area (Å²) >= 11 is 0. The number of benzene rings is 5. The van der Waals surface area contributed by atoms with Gasteiger partial charge >= 0.3 is 0 Å². The van der Waals surface area contributed by atoms with Crippen molar-refractivity contribution in [3.63, 3.8) is 0 Å². The summed E-state index contributed by atoms with van der Waals surface area (Å²) in [6.45, 7) is 2.60. The monoisotopic (exact) mass is 980 g/mol. The number of phenols is 2. The fraction of sp³-hybridized carbons (Fsp3) is 0.222. The van der Waals surface area contributed by atoms with E-state index in [2.05, 4.69) is 37.6 Å². The van der Waals surface area contributed by atoms with Crippen molar-refractivity contribution < 1.29 is 71.8 Å². The fourth-order valence-corrected chi connectivity index (χ4v) is 8.51. The zero-order valence-corrected chi connectivity index (χ0v) is 36.6. The van der Waals surface area contributed by atoms with Gasteiger partial charge in [0.15, 0.2) is 11.5 Å². The number of non-ortho nitro benzene ring substituents is 1. The summed E-state index contributed by atoms with van der Waals surface area (Å²) in [6.07, 6.45) is 6.42. The molecule has 0 heterocycles. The van der Waals surface area contributed by atoms with Crippen LogP contribution in [0, 0.1) is 10.1 Å². The molecule has 0 aliphatic carbocycles. The van der Waals surface area contributed by atoms with Gasteiger partial charge in [0.05, 0.1) is 28.3 Å². The lowest BCUT2D eigenvalue weighted by Crippen LogP contribution is -2.02. The number of fused-ring (bicyclic) bond motifs is 1. The molecule has 0 aromatic heterocycles. The lowest BCUT2D eigenvalue weighted by Gasteiger charge is -2.13. The Labute approximate surface area is 369 Å². The van der Waals surface area contributed by atoms with Crippen LogP contribution in [-0.4, -0.2) is 73.6 Å². The molecule has 0 aliphatic heterocycles. The topological polar surface area (TPSA) is 410 Å². The van der Waals surface area contributed by atoms with Gasteiger partial charge in [-0.25, -0.2) is 0 Å². The van der Waals surface area contributed by atoms with Gasteiger partial charge in [-0.2, -0.15) is 38.8 Å². The Hall–Kier alpha value is -6.60. The molecule has 0 bridgehead atoms.